The number of hydrogen-bond acceptors (Lipinski definition) is 3. The van der Waals surface area contributed by atoms with Crippen molar-refractivity contribution in [3.63, 3.8) is 0 Å². The van der Waals surface area contributed by atoms with Gasteiger partial charge in [0, 0.05) is 18.0 Å². The maximum absolute atomic E-state index is 8.10. The lowest BCUT2D eigenvalue weighted by atomic mass is 10.3. The highest BCUT2D eigenvalue weighted by molar-refractivity contribution is 5.79. The van der Waals surface area contributed by atoms with Gasteiger partial charge in [0.2, 0.25) is 0 Å². The number of nitriles is 1. The minimum atomic E-state index is 0.255. The van der Waals surface area contributed by atoms with Crippen molar-refractivity contribution in [3.05, 3.63) is 24.4 Å². The highest BCUT2D eigenvalue weighted by Gasteiger charge is 1.80. The van der Waals surface area contributed by atoms with Gasteiger partial charge >= 0.3 is 0 Å². The minimum Gasteiger partial charge on any atom is -0.378 e. The van der Waals surface area contributed by atoms with Crippen molar-refractivity contribution >= 4 is 6.21 Å². The SMILES string of the molecule is C=C/C(C=N)=C/NCC#N. The second kappa shape index (κ2) is 5.57. The molecule has 0 saturated carbocycles. The Labute approximate surface area is 60.2 Å². The van der Waals surface area contributed by atoms with Gasteiger partial charge in [-0.2, -0.15) is 5.26 Å². The largest absolute Gasteiger partial charge is 0.378 e. The lowest BCUT2D eigenvalue weighted by Crippen LogP contribution is -2.05. The smallest absolute Gasteiger partial charge is 0.102 e. The van der Waals surface area contributed by atoms with Crippen LogP contribution in [0.2, 0.25) is 0 Å². The molecule has 0 aliphatic rings. The van der Waals surface area contributed by atoms with Crippen molar-refractivity contribution < 1.29 is 0 Å². The standard InChI is InChI=1S/C7H9N3/c1-2-7(5-9)6-10-4-3-8/h2,5-6,9-10H,1,4H2/b7-6-,9-5?. The van der Waals surface area contributed by atoms with Gasteiger partial charge in [0.05, 0.1) is 6.07 Å². The van der Waals surface area contributed by atoms with Crippen LogP contribution in [0.1, 0.15) is 0 Å². The summed E-state index contributed by atoms with van der Waals surface area (Å²) < 4.78 is 0. The zero-order valence-electron chi connectivity index (χ0n) is 5.59. The number of allylic oxidation sites excluding steroid dienone is 2. The van der Waals surface area contributed by atoms with E-state index >= 15 is 0 Å². The van der Waals surface area contributed by atoms with Gasteiger partial charge in [0.1, 0.15) is 6.54 Å². The summed E-state index contributed by atoms with van der Waals surface area (Å²) in [6.07, 6.45) is 4.28. The molecule has 0 saturated heterocycles. The predicted octanol–water partition coefficient (Wildman–Crippen LogP) is 0.819. The van der Waals surface area contributed by atoms with Crippen LogP contribution in [0.5, 0.6) is 0 Å². The van der Waals surface area contributed by atoms with Gasteiger partial charge in [-0.15, -0.1) is 0 Å². The third-order valence-corrected chi connectivity index (χ3v) is 0.852. The lowest BCUT2D eigenvalue weighted by Gasteiger charge is -1.91. The van der Waals surface area contributed by atoms with Crippen LogP contribution < -0.4 is 5.32 Å². The first kappa shape index (κ1) is 8.44. The van der Waals surface area contributed by atoms with Crippen LogP contribution in [-0.2, 0) is 0 Å². The van der Waals surface area contributed by atoms with Gasteiger partial charge in [0.25, 0.3) is 0 Å². The molecule has 0 spiro atoms. The zero-order chi connectivity index (χ0) is 7.82. The van der Waals surface area contributed by atoms with Gasteiger partial charge in [-0.1, -0.05) is 12.7 Å². The average Bonchev–Trinajstić information content (AvgIpc) is 1.99. The van der Waals surface area contributed by atoms with E-state index in [2.05, 4.69) is 11.9 Å². The Bertz CT molecular complexity index is 176. The van der Waals surface area contributed by atoms with Gasteiger partial charge in [-0.25, -0.2) is 0 Å². The molecule has 0 atom stereocenters. The van der Waals surface area contributed by atoms with Crippen molar-refractivity contribution in [2.75, 3.05) is 6.54 Å². The molecule has 0 unspecified atom stereocenters. The fourth-order valence-corrected chi connectivity index (χ4v) is 0.374. The van der Waals surface area contributed by atoms with E-state index in [-0.39, 0.29) is 6.54 Å². The van der Waals surface area contributed by atoms with Crippen LogP contribution in [0, 0.1) is 16.7 Å². The van der Waals surface area contributed by atoms with Crippen LogP contribution >= 0.6 is 0 Å². The molecule has 0 aromatic carbocycles. The van der Waals surface area contributed by atoms with Crippen LogP contribution in [0.3, 0.4) is 0 Å². The van der Waals surface area contributed by atoms with E-state index in [1.807, 2.05) is 6.07 Å². The number of hydrogen-bond donors (Lipinski definition) is 2. The van der Waals surface area contributed by atoms with E-state index in [9.17, 15) is 0 Å². The summed E-state index contributed by atoms with van der Waals surface area (Å²) in [4.78, 5) is 0. The number of nitrogens with zero attached hydrogens (tertiary/aromatic N) is 1. The van der Waals surface area contributed by atoms with Crippen molar-refractivity contribution in [3.8, 4) is 6.07 Å². The van der Waals surface area contributed by atoms with Gasteiger partial charge in [-0.3, -0.25) is 0 Å². The fourth-order valence-electron chi connectivity index (χ4n) is 0.374. The van der Waals surface area contributed by atoms with E-state index in [1.165, 1.54) is 6.08 Å². The molecule has 0 bridgehead atoms. The first-order valence-electron chi connectivity index (χ1n) is 2.78. The zero-order valence-corrected chi connectivity index (χ0v) is 5.59. The van der Waals surface area contributed by atoms with Gasteiger partial charge < -0.3 is 10.7 Å². The summed E-state index contributed by atoms with van der Waals surface area (Å²) in [5.41, 5.74) is 0.662. The molecular formula is C7H9N3. The van der Waals surface area contributed by atoms with E-state index in [0.717, 1.165) is 6.21 Å². The Morgan fingerprint density at radius 1 is 1.80 bits per heavy atom. The predicted molar refractivity (Wildman–Crippen MR) is 40.7 cm³/mol. The molecule has 0 radical (unpaired) electrons. The summed E-state index contributed by atoms with van der Waals surface area (Å²) in [6.45, 7) is 3.72. The molecular weight excluding hydrogens is 126 g/mol. The van der Waals surface area contributed by atoms with Crippen molar-refractivity contribution in [1.82, 2.24) is 5.32 Å². The van der Waals surface area contributed by atoms with Crippen molar-refractivity contribution in [1.29, 1.82) is 10.7 Å². The molecule has 0 heterocycles. The van der Waals surface area contributed by atoms with Crippen LogP contribution in [0.15, 0.2) is 24.4 Å². The Hall–Kier alpha value is -1.56. The summed E-state index contributed by atoms with van der Waals surface area (Å²) >= 11 is 0. The van der Waals surface area contributed by atoms with Crippen LogP contribution in [0.4, 0.5) is 0 Å². The van der Waals surface area contributed by atoms with Gasteiger partial charge in [-0.05, 0) is 0 Å². The average molecular weight is 135 g/mol. The van der Waals surface area contributed by atoms with E-state index in [4.69, 9.17) is 10.7 Å². The molecule has 2 N–H and O–H groups in total. The Morgan fingerprint density at radius 2 is 2.50 bits per heavy atom. The first-order valence-corrected chi connectivity index (χ1v) is 2.78. The molecule has 0 aromatic rings. The molecule has 52 valence electrons. The molecule has 10 heavy (non-hydrogen) atoms. The van der Waals surface area contributed by atoms with Crippen molar-refractivity contribution in [2.24, 2.45) is 0 Å². The molecule has 0 aromatic heterocycles. The van der Waals surface area contributed by atoms with Crippen LogP contribution in [0.25, 0.3) is 0 Å². The minimum absolute atomic E-state index is 0.255. The van der Waals surface area contributed by atoms with Crippen molar-refractivity contribution in [2.45, 2.75) is 0 Å². The number of rotatable bonds is 4. The second-order valence-corrected chi connectivity index (χ2v) is 1.53. The summed E-state index contributed by atoms with van der Waals surface area (Å²) in [7, 11) is 0. The van der Waals surface area contributed by atoms with Crippen LogP contribution in [-0.4, -0.2) is 12.8 Å². The molecule has 0 aliphatic carbocycles. The summed E-state index contributed by atoms with van der Waals surface area (Å²) in [5, 5.41) is 17.6. The van der Waals surface area contributed by atoms with E-state index in [0.29, 0.717) is 5.57 Å². The molecule has 0 aliphatic heterocycles. The Balaban J connectivity index is 3.77. The maximum atomic E-state index is 8.10. The fraction of sp³-hybridized carbons (Fsp3) is 0.143. The highest BCUT2D eigenvalue weighted by Crippen LogP contribution is 1.85. The quantitative estimate of drug-likeness (QED) is 0.259. The topological polar surface area (TPSA) is 59.7 Å². The molecule has 3 heteroatoms. The van der Waals surface area contributed by atoms with Gasteiger partial charge in [0.15, 0.2) is 0 Å². The van der Waals surface area contributed by atoms with E-state index < -0.39 is 0 Å². The Kier molecular flexibility index (Phi) is 4.70. The highest BCUT2D eigenvalue weighted by atomic mass is 14.8. The van der Waals surface area contributed by atoms with E-state index in [1.54, 1.807) is 6.20 Å². The summed E-state index contributed by atoms with van der Waals surface area (Å²) in [5.74, 6) is 0. The third-order valence-electron chi connectivity index (χ3n) is 0.852. The third kappa shape index (κ3) is 3.44. The maximum Gasteiger partial charge on any atom is 0.102 e. The number of nitrogens with one attached hydrogen (secondary N) is 2. The summed E-state index contributed by atoms with van der Waals surface area (Å²) in [6, 6.07) is 1.91. The molecule has 0 amide bonds. The first-order chi connectivity index (χ1) is 4.85. The second-order valence-electron chi connectivity index (χ2n) is 1.53. The molecule has 0 rings (SSSR count). The molecule has 3 nitrogen and oxygen atoms in total. The molecule has 0 fully saturated rings. The Morgan fingerprint density at radius 3 is 2.90 bits per heavy atom. The lowest BCUT2D eigenvalue weighted by molar-refractivity contribution is 0.990. The normalized spacial score (nSPS) is 9.70. The monoisotopic (exact) mass is 135 g/mol.